The van der Waals surface area contributed by atoms with Gasteiger partial charge in [-0.25, -0.2) is 9.18 Å². The van der Waals surface area contributed by atoms with E-state index in [0.29, 0.717) is 11.1 Å². The Kier molecular flexibility index (Phi) is 2.81. The summed E-state index contributed by atoms with van der Waals surface area (Å²) in [5.74, 6) is -1.75. The van der Waals surface area contributed by atoms with Crippen LogP contribution in [0.2, 0.25) is 0 Å². The number of aryl methyl sites for hydroxylation is 1. The Morgan fingerprint density at radius 2 is 2.15 bits per heavy atom. The number of amides is 1. The standard InChI is InChI=1S/C15H16FNO3/c1-8-6-9(2-3-11(8)16)12(14(19)20)17-13(18)10-7-15(10)4-5-15/h2-3,6,10,12H,4-5,7H2,1H3,(H,17,18)(H,19,20). The maximum absolute atomic E-state index is 13.2. The van der Waals surface area contributed by atoms with Gasteiger partial charge >= 0.3 is 5.97 Å². The number of nitrogens with one attached hydrogen (secondary N) is 1. The molecule has 1 spiro atoms. The minimum Gasteiger partial charge on any atom is -0.479 e. The van der Waals surface area contributed by atoms with E-state index in [4.69, 9.17) is 0 Å². The molecule has 1 aromatic rings. The van der Waals surface area contributed by atoms with Crippen molar-refractivity contribution in [3.05, 3.63) is 35.1 Å². The number of halogens is 1. The lowest BCUT2D eigenvalue weighted by Gasteiger charge is -2.15. The van der Waals surface area contributed by atoms with Gasteiger partial charge in [0.1, 0.15) is 5.82 Å². The molecule has 0 bridgehead atoms. The number of carbonyl (C=O) groups is 2. The Labute approximate surface area is 116 Å². The number of aliphatic carboxylic acids is 1. The van der Waals surface area contributed by atoms with Crippen LogP contribution in [0.4, 0.5) is 4.39 Å². The fraction of sp³-hybridized carbons (Fsp3) is 0.467. The van der Waals surface area contributed by atoms with Crippen molar-refractivity contribution in [2.75, 3.05) is 0 Å². The number of carbonyl (C=O) groups excluding carboxylic acids is 1. The third-order valence-corrected chi connectivity index (χ3v) is 4.45. The zero-order valence-corrected chi connectivity index (χ0v) is 11.1. The molecule has 5 heteroatoms. The lowest BCUT2D eigenvalue weighted by molar-refractivity contribution is -0.142. The monoisotopic (exact) mass is 277 g/mol. The van der Waals surface area contributed by atoms with Crippen LogP contribution in [0.3, 0.4) is 0 Å². The summed E-state index contributed by atoms with van der Waals surface area (Å²) in [7, 11) is 0. The van der Waals surface area contributed by atoms with Crippen LogP contribution >= 0.6 is 0 Å². The van der Waals surface area contributed by atoms with Gasteiger partial charge in [-0.1, -0.05) is 12.1 Å². The van der Waals surface area contributed by atoms with Crippen molar-refractivity contribution >= 4 is 11.9 Å². The first kappa shape index (κ1) is 13.1. The molecule has 20 heavy (non-hydrogen) atoms. The largest absolute Gasteiger partial charge is 0.479 e. The average Bonchev–Trinajstić information content (AvgIpc) is 3.30. The van der Waals surface area contributed by atoms with Gasteiger partial charge in [-0.05, 0) is 48.8 Å². The van der Waals surface area contributed by atoms with Gasteiger partial charge in [0.2, 0.25) is 5.91 Å². The van der Waals surface area contributed by atoms with Gasteiger partial charge in [0, 0.05) is 5.92 Å². The smallest absolute Gasteiger partial charge is 0.330 e. The van der Waals surface area contributed by atoms with Crippen LogP contribution in [-0.4, -0.2) is 17.0 Å². The predicted octanol–water partition coefficient (Wildman–Crippen LogP) is 2.18. The van der Waals surface area contributed by atoms with E-state index in [1.165, 1.54) is 18.2 Å². The van der Waals surface area contributed by atoms with Crippen molar-refractivity contribution < 1.29 is 19.1 Å². The third kappa shape index (κ3) is 2.17. The summed E-state index contributed by atoms with van der Waals surface area (Å²) >= 11 is 0. The van der Waals surface area contributed by atoms with Gasteiger partial charge in [-0.2, -0.15) is 0 Å². The van der Waals surface area contributed by atoms with Gasteiger partial charge in [0.25, 0.3) is 0 Å². The summed E-state index contributed by atoms with van der Waals surface area (Å²) < 4.78 is 13.2. The molecule has 2 aliphatic rings. The number of hydrogen-bond acceptors (Lipinski definition) is 2. The Bertz CT molecular complexity index is 595. The second-order valence-electron chi connectivity index (χ2n) is 5.91. The summed E-state index contributed by atoms with van der Waals surface area (Å²) in [5, 5.41) is 11.9. The Hall–Kier alpha value is -1.91. The molecule has 2 saturated carbocycles. The molecule has 0 aromatic heterocycles. The van der Waals surface area contributed by atoms with Crippen molar-refractivity contribution in [1.29, 1.82) is 0 Å². The molecule has 106 valence electrons. The zero-order chi connectivity index (χ0) is 14.5. The molecule has 0 radical (unpaired) electrons. The number of carboxylic acid groups (broad SMARTS) is 1. The van der Waals surface area contributed by atoms with Crippen LogP contribution in [-0.2, 0) is 9.59 Å². The van der Waals surface area contributed by atoms with Gasteiger partial charge in [-0.15, -0.1) is 0 Å². The van der Waals surface area contributed by atoms with Crippen molar-refractivity contribution in [3.8, 4) is 0 Å². The van der Waals surface area contributed by atoms with E-state index >= 15 is 0 Å². The molecule has 2 N–H and O–H groups in total. The SMILES string of the molecule is Cc1cc(C(NC(=O)C2CC23CC3)C(=O)O)ccc1F. The van der Waals surface area contributed by atoms with Crippen LogP contribution in [0.15, 0.2) is 18.2 Å². The highest BCUT2D eigenvalue weighted by molar-refractivity contribution is 5.88. The van der Waals surface area contributed by atoms with Crippen LogP contribution < -0.4 is 5.32 Å². The minimum absolute atomic E-state index is 0.0362. The highest BCUT2D eigenvalue weighted by Crippen LogP contribution is 2.70. The lowest BCUT2D eigenvalue weighted by atomic mass is 10.0. The van der Waals surface area contributed by atoms with E-state index < -0.39 is 12.0 Å². The summed E-state index contributed by atoms with van der Waals surface area (Å²) in [6, 6.07) is 2.99. The molecule has 2 fully saturated rings. The molecule has 1 amide bonds. The van der Waals surface area contributed by atoms with Gasteiger partial charge in [-0.3, -0.25) is 4.79 Å². The van der Waals surface area contributed by atoms with E-state index in [1.807, 2.05) is 0 Å². The van der Waals surface area contributed by atoms with Crippen molar-refractivity contribution in [2.24, 2.45) is 11.3 Å². The number of hydrogen-bond donors (Lipinski definition) is 2. The first-order valence-corrected chi connectivity index (χ1v) is 6.72. The summed E-state index contributed by atoms with van der Waals surface area (Å²) in [6.45, 7) is 1.57. The maximum atomic E-state index is 13.2. The minimum atomic E-state index is -1.13. The first-order chi connectivity index (χ1) is 9.43. The normalized spacial score (nSPS) is 23.2. The second-order valence-corrected chi connectivity index (χ2v) is 5.91. The third-order valence-electron chi connectivity index (χ3n) is 4.45. The molecule has 0 heterocycles. The average molecular weight is 277 g/mol. The molecule has 3 rings (SSSR count). The lowest BCUT2D eigenvalue weighted by Crippen LogP contribution is -2.35. The van der Waals surface area contributed by atoms with Crippen molar-refractivity contribution in [2.45, 2.75) is 32.2 Å². The van der Waals surface area contributed by atoms with Gasteiger partial charge < -0.3 is 10.4 Å². The van der Waals surface area contributed by atoms with Crippen LogP contribution in [0.1, 0.15) is 36.4 Å². The van der Waals surface area contributed by atoms with E-state index in [0.717, 1.165) is 19.3 Å². The first-order valence-electron chi connectivity index (χ1n) is 6.72. The van der Waals surface area contributed by atoms with Crippen LogP contribution in [0.5, 0.6) is 0 Å². The van der Waals surface area contributed by atoms with Crippen molar-refractivity contribution in [1.82, 2.24) is 5.32 Å². The number of benzene rings is 1. The van der Waals surface area contributed by atoms with Crippen LogP contribution in [0.25, 0.3) is 0 Å². The van der Waals surface area contributed by atoms with E-state index in [9.17, 15) is 19.1 Å². The summed E-state index contributed by atoms with van der Waals surface area (Å²) in [4.78, 5) is 23.4. The van der Waals surface area contributed by atoms with Crippen molar-refractivity contribution in [3.63, 3.8) is 0 Å². The summed E-state index contributed by atoms with van der Waals surface area (Å²) in [6.07, 6.45) is 3.00. The number of carboxylic acids is 1. The molecule has 1 aromatic carbocycles. The Balaban J connectivity index is 1.76. The van der Waals surface area contributed by atoms with E-state index in [1.54, 1.807) is 6.92 Å². The van der Waals surface area contributed by atoms with E-state index in [-0.39, 0.29) is 23.1 Å². The molecule has 4 nitrogen and oxygen atoms in total. The second kappa shape index (κ2) is 4.30. The Morgan fingerprint density at radius 1 is 1.45 bits per heavy atom. The molecule has 2 aliphatic carbocycles. The van der Waals surface area contributed by atoms with Gasteiger partial charge in [0.15, 0.2) is 6.04 Å². The predicted molar refractivity (Wildman–Crippen MR) is 69.4 cm³/mol. The molecule has 2 unspecified atom stereocenters. The fourth-order valence-electron chi connectivity index (χ4n) is 2.81. The topological polar surface area (TPSA) is 66.4 Å². The zero-order valence-electron chi connectivity index (χ0n) is 11.1. The summed E-state index contributed by atoms with van der Waals surface area (Å²) in [5.41, 5.74) is 0.953. The van der Waals surface area contributed by atoms with Gasteiger partial charge in [0.05, 0.1) is 0 Å². The molecular formula is C15H16FNO3. The quantitative estimate of drug-likeness (QED) is 0.886. The Morgan fingerprint density at radius 3 is 2.65 bits per heavy atom. The molecule has 0 saturated heterocycles. The molecular weight excluding hydrogens is 261 g/mol. The van der Waals surface area contributed by atoms with Crippen LogP contribution in [0, 0.1) is 24.1 Å². The number of rotatable bonds is 4. The van der Waals surface area contributed by atoms with E-state index in [2.05, 4.69) is 5.32 Å². The molecule has 0 aliphatic heterocycles. The molecule has 2 atom stereocenters. The highest BCUT2D eigenvalue weighted by atomic mass is 19.1. The fourth-order valence-corrected chi connectivity index (χ4v) is 2.81. The maximum Gasteiger partial charge on any atom is 0.330 e. The highest BCUT2D eigenvalue weighted by Gasteiger charge is 2.65.